The fourth-order valence-electron chi connectivity index (χ4n) is 1.56. The molecule has 1 aromatic rings. The summed E-state index contributed by atoms with van der Waals surface area (Å²) in [7, 11) is -3.80. The maximum absolute atomic E-state index is 12.1. The predicted octanol–water partition coefficient (Wildman–Crippen LogP) is 1.67. The molecule has 0 aliphatic carbocycles. The van der Waals surface area contributed by atoms with Crippen LogP contribution < -0.4 is 4.72 Å². The van der Waals surface area contributed by atoms with E-state index in [1.54, 1.807) is 6.92 Å². The molecule has 0 amide bonds. The SMILES string of the molecule is CCC(C)(CNS(=O)(=O)c1ccc(C(C)=O)cc1)C(=O)O. The number of carbonyl (C=O) groups excluding carboxylic acids is 1. The van der Waals surface area contributed by atoms with E-state index in [1.807, 2.05) is 0 Å². The van der Waals surface area contributed by atoms with E-state index in [0.29, 0.717) is 12.0 Å². The molecule has 0 saturated heterocycles. The Labute approximate surface area is 124 Å². The fraction of sp³-hybridized carbons (Fsp3) is 0.429. The summed E-state index contributed by atoms with van der Waals surface area (Å²) in [5.41, 5.74) is -0.746. The summed E-state index contributed by atoms with van der Waals surface area (Å²) in [6.07, 6.45) is 0.300. The van der Waals surface area contributed by atoms with Crippen LogP contribution in [-0.4, -0.2) is 31.8 Å². The van der Waals surface area contributed by atoms with E-state index in [2.05, 4.69) is 4.72 Å². The first kappa shape index (κ1) is 17.3. The lowest BCUT2D eigenvalue weighted by Gasteiger charge is -2.23. The third-order valence-corrected chi connectivity index (χ3v) is 4.94. The summed E-state index contributed by atoms with van der Waals surface area (Å²) in [6.45, 7) is 4.36. The summed E-state index contributed by atoms with van der Waals surface area (Å²) in [5, 5.41) is 9.13. The van der Waals surface area contributed by atoms with Crippen molar-refractivity contribution in [1.29, 1.82) is 0 Å². The molecule has 1 unspecified atom stereocenters. The molecular formula is C14H19NO5S. The standard InChI is InChI=1S/C14H19NO5S/c1-4-14(3,13(17)18)9-15-21(19,20)12-7-5-11(6-8-12)10(2)16/h5-8,15H,4,9H2,1-3H3,(H,17,18). The summed E-state index contributed by atoms with van der Waals surface area (Å²) in [6, 6.07) is 5.49. The lowest BCUT2D eigenvalue weighted by molar-refractivity contribution is -0.147. The molecule has 1 rings (SSSR count). The summed E-state index contributed by atoms with van der Waals surface area (Å²) >= 11 is 0. The van der Waals surface area contributed by atoms with Gasteiger partial charge in [0.15, 0.2) is 5.78 Å². The van der Waals surface area contributed by atoms with Crippen molar-refractivity contribution < 1.29 is 23.1 Å². The number of hydrogen-bond donors (Lipinski definition) is 2. The maximum atomic E-state index is 12.1. The average molecular weight is 313 g/mol. The predicted molar refractivity (Wildman–Crippen MR) is 77.7 cm³/mol. The molecule has 0 bridgehead atoms. The molecule has 116 valence electrons. The van der Waals surface area contributed by atoms with Gasteiger partial charge in [-0.15, -0.1) is 0 Å². The Kier molecular flexibility index (Phi) is 5.25. The zero-order valence-corrected chi connectivity index (χ0v) is 13.0. The first-order valence-corrected chi connectivity index (χ1v) is 7.95. The summed E-state index contributed by atoms with van der Waals surface area (Å²) in [5.74, 6) is -1.21. The lowest BCUT2D eigenvalue weighted by Crippen LogP contribution is -2.40. The molecule has 6 nitrogen and oxygen atoms in total. The van der Waals surface area contributed by atoms with Crippen LogP contribution in [-0.2, 0) is 14.8 Å². The monoisotopic (exact) mass is 313 g/mol. The summed E-state index contributed by atoms with van der Waals surface area (Å²) < 4.78 is 26.5. The van der Waals surface area contributed by atoms with Crippen LogP contribution in [0.15, 0.2) is 29.2 Å². The van der Waals surface area contributed by atoms with Crippen molar-refractivity contribution in [2.24, 2.45) is 5.41 Å². The molecule has 0 spiro atoms. The van der Waals surface area contributed by atoms with Gasteiger partial charge in [-0.05, 0) is 32.4 Å². The molecule has 1 aromatic carbocycles. The van der Waals surface area contributed by atoms with E-state index in [9.17, 15) is 18.0 Å². The molecule has 0 aliphatic rings. The minimum atomic E-state index is -3.80. The number of carboxylic acids is 1. The van der Waals surface area contributed by atoms with Crippen molar-refractivity contribution in [1.82, 2.24) is 4.72 Å². The number of ketones is 1. The van der Waals surface area contributed by atoms with E-state index < -0.39 is 21.4 Å². The van der Waals surface area contributed by atoms with Crippen LogP contribution in [0.3, 0.4) is 0 Å². The van der Waals surface area contributed by atoms with Crippen LogP contribution in [0.5, 0.6) is 0 Å². The van der Waals surface area contributed by atoms with E-state index >= 15 is 0 Å². The number of aliphatic carboxylic acids is 1. The minimum absolute atomic E-state index is 0.00339. The second-order valence-corrected chi connectivity index (χ2v) is 6.89. The van der Waals surface area contributed by atoms with Crippen LogP contribution in [0.1, 0.15) is 37.6 Å². The number of rotatable bonds is 7. The van der Waals surface area contributed by atoms with Gasteiger partial charge in [-0.25, -0.2) is 13.1 Å². The second-order valence-electron chi connectivity index (χ2n) is 5.12. The van der Waals surface area contributed by atoms with Gasteiger partial charge in [-0.3, -0.25) is 9.59 Å². The highest BCUT2D eigenvalue weighted by atomic mass is 32.2. The van der Waals surface area contributed by atoms with Crippen molar-refractivity contribution in [3.8, 4) is 0 Å². The molecule has 0 aromatic heterocycles. The van der Waals surface area contributed by atoms with Gasteiger partial charge in [-0.2, -0.15) is 0 Å². The smallest absolute Gasteiger partial charge is 0.310 e. The normalized spacial score (nSPS) is 14.4. The van der Waals surface area contributed by atoms with Gasteiger partial charge >= 0.3 is 5.97 Å². The van der Waals surface area contributed by atoms with Crippen LogP contribution in [0.2, 0.25) is 0 Å². The van der Waals surface area contributed by atoms with Crippen LogP contribution in [0.4, 0.5) is 0 Å². The Morgan fingerprint density at radius 3 is 2.14 bits per heavy atom. The topological polar surface area (TPSA) is 101 Å². The van der Waals surface area contributed by atoms with Crippen LogP contribution >= 0.6 is 0 Å². The highest BCUT2D eigenvalue weighted by Crippen LogP contribution is 2.21. The number of nitrogens with one attached hydrogen (secondary N) is 1. The molecule has 0 radical (unpaired) electrons. The Morgan fingerprint density at radius 1 is 1.24 bits per heavy atom. The third kappa shape index (κ3) is 4.12. The molecule has 0 heterocycles. The van der Waals surface area contributed by atoms with Gasteiger partial charge in [0, 0.05) is 12.1 Å². The number of Topliss-reactive ketones (excluding diaryl/α,β-unsaturated/α-hetero) is 1. The van der Waals surface area contributed by atoms with E-state index in [4.69, 9.17) is 5.11 Å². The number of carboxylic acid groups (broad SMARTS) is 1. The quantitative estimate of drug-likeness (QED) is 0.746. The van der Waals surface area contributed by atoms with Crippen molar-refractivity contribution >= 4 is 21.8 Å². The Balaban J connectivity index is 2.92. The number of sulfonamides is 1. The van der Waals surface area contributed by atoms with Gasteiger partial charge in [0.25, 0.3) is 0 Å². The van der Waals surface area contributed by atoms with Gasteiger partial charge in [0.05, 0.1) is 10.3 Å². The molecule has 1 atom stereocenters. The Hall–Kier alpha value is -1.73. The van der Waals surface area contributed by atoms with Gasteiger partial charge < -0.3 is 5.11 Å². The van der Waals surface area contributed by atoms with E-state index in [1.165, 1.54) is 38.1 Å². The van der Waals surface area contributed by atoms with Crippen molar-refractivity contribution in [2.45, 2.75) is 32.1 Å². The first-order chi connectivity index (χ1) is 9.62. The largest absolute Gasteiger partial charge is 0.481 e. The van der Waals surface area contributed by atoms with Crippen LogP contribution in [0.25, 0.3) is 0 Å². The molecule has 7 heteroatoms. The highest BCUT2D eigenvalue weighted by Gasteiger charge is 2.32. The molecule has 0 fully saturated rings. The molecular weight excluding hydrogens is 294 g/mol. The second kappa shape index (κ2) is 6.36. The zero-order valence-electron chi connectivity index (χ0n) is 12.2. The first-order valence-electron chi connectivity index (χ1n) is 6.46. The van der Waals surface area contributed by atoms with E-state index in [0.717, 1.165) is 0 Å². The average Bonchev–Trinajstić information content (AvgIpc) is 2.44. The van der Waals surface area contributed by atoms with Crippen molar-refractivity contribution in [3.05, 3.63) is 29.8 Å². The van der Waals surface area contributed by atoms with Crippen LogP contribution in [0, 0.1) is 5.41 Å². The maximum Gasteiger partial charge on any atom is 0.310 e. The van der Waals surface area contributed by atoms with Crippen molar-refractivity contribution in [3.63, 3.8) is 0 Å². The Morgan fingerprint density at radius 2 is 1.76 bits per heavy atom. The van der Waals surface area contributed by atoms with E-state index in [-0.39, 0.29) is 17.2 Å². The van der Waals surface area contributed by atoms with Gasteiger partial charge in [0.2, 0.25) is 10.0 Å². The molecule has 2 N–H and O–H groups in total. The highest BCUT2D eigenvalue weighted by molar-refractivity contribution is 7.89. The molecule has 0 aliphatic heterocycles. The Bertz CT molecular complexity index is 636. The zero-order chi connectivity index (χ0) is 16.3. The molecule has 0 saturated carbocycles. The fourth-order valence-corrected chi connectivity index (χ4v) is 2.73. The summed E-state index contributed by atoms with van der Waals surface area (Å²) in [4.78, 5) is 22.3. The van der Waals surface area contributed by atoms with Gasteiger partial charge in [-0.1, -0.05) is 19.1 Å². The van der Waals surface area contributed by atoms with Gasteiger partial charge in [0.1, 0.15) is 0 Å². The third-order valence-electron chi connectivity index (χ3n) is 3.52. The molecule has 21 heavy (non-hydrogen) atoms. The number of benzene rings is 1. The number of carbonyl (C=O) groups is 2. The lowest BCUT2D eigenvalue weighted by atomic mass is 9.88. The minimum Gasteiger partial charge on any atom is -0.481 e. The van der Waals surface area contributed by atoms with Crippen molar-refractivity contribution in [2.75, 3.05) is 6.54 Å². The number of hydrogen-bond acceptors (Lipinski definition) is 4.